The maximum Gasteiger partial charge on any atom is 0.188 e. The Labute approximate surface area is 69.0 Å². The van der Waals surface area contributed by atoms with Gasteiger partial charge in [0.2, 0.25) is 0 Å². The molecule has 12 heavy (non-hydrogen) atoms. The van der Waals surface area contributed by atoms with Gasteiger partial charge in [0, 0.05) is 0 Å². The Balaban J connectivity index is 2.52. The highest BCUT2D eigenvalue weighted by Crippen LogP contribution is 2.22. The molecule has 0 unspecified atom stereocenters. The molecular weight excluding hydrogens is 152 g/mol. The van der Waals surface area contributed by atoms with Crippen molar-refractivity contribution in [3.05, 3.63) is 35.6 Å². The molecule has 2 aliphatic rings. The number of rotatable bonds is 0. The molecule has 56 valence electrons. The van der Waals surface area contributed by atoms with Gasteiger partial charge in [0.1, 0.15) is 11.8 Å². The summed E-state index contributed by atoms with van der Waals surface area (Å²) in [5.74, 6) is -0.0819. The number of fused-ring (bicyclic) bond motifs is 1. The molecule has 0 aromatic heterocycles. The Kier molecular flexibility index (Phi) is 1.28. The number of hydrogen-bond donors (Lipinski definition) is 0. The van der Waals surface area contributed by atoms with Crippen LogP contribution in [0.3, 0.4) is 0 Å². The number of ketones is 1. The number of aliphatic imine (C=N–C) groups is 1. The van der Waals surface area contributed by atoms with Crippen LogP contribution in [0.4, 0.5) is 0 Å². The van der Waals surface area contributed by atoms with Crippen molar-refractivity contribution in [3.63, 3.8) is 0 Å². The molecule has 0 saturated heterocycles. The minimum absolute atomic E-state index is 0.0819. The molecule has 0 N–H and O–H groups in total. The molecule has 0 bridgehead atoms. The second-order valence-electron chi connectivity index (χ2n) is 2.44. The highest BCUT2D eigenvalue weighted by Gasteiger charge is 2.20. The Bertz CT molecular complexity index is 416. The summed E-state index contributed by atoms with van der Waals surface area (Å²) in [6.45, 7) is 0. The third-order valence-corrected chi connectivity index (χ3v) is 1.68. The second-order valence-corrected chi connectivity index (χ2v) is 2.44. The maximum atomic E-state index is 11.2. The predicted molar refractivity (Wildman–Crippen MR) is 43.4 cm³/mol. The number of allylic oxidation sites excluding steroid dienone is 5. The van der Waals surface area contributed by atoms with Gasteiger partial charge in [-0.25, -0.2) is 4.99 Å². The van der Waals surface area contributed by atoms with Crippen molar-refractivity contribution in [1.29, 1.82) is 5.26 Å². The zero-order chi connectivity index (χ0) is 8.55. The molecule has 1 heterocycles. The zero-order valence-corrected chi connectivity index (χ0v) is 6.11. The molecule has 0 aromatic rings. The van der Waals surface area contributed by atoms with Crippen molar-refractivity contribution >= 4 is 11.5 Å². The van der Waals surface area contributed by atoms with Crippen LogP contribution in [0, 0.1) is 11.3 Å². The smallest absolute Gasteiger partial charge is 0.188 e. The maximum absolute atomic E-state index is 11.2. The lowest BCUT2D eigenvalue weighted by Crippen LogP contribution is -2.01. The van der Waals surface area contributed by atoms with E-state index in [-0.39, 0.29) is 5.78 Å². The first-order chi connectivity index (χ1) is 5.81. The summed E-state index contributed by atoms with van der Waals surface area (Å²) in [5, 5.41) is 8.51. The van der Waals surface area contributed by atoms with Crippen LogP contribution in [0.2, 0.25) is 0 Å². The van der Waals surface area contributed by atoms with E-state index >= 15 is 0 Å². The monoisotopic (exact) mass is 156 g/mol. The van der Waals surface area contributed by atoms with Gasteiger partial charge in [-0.15, -0.1) is 0 Å². The number of nitrogens with zero attached hydrogens (tertiary/aromatic N) is 2. The lowest BCUT2D eigenvalue weighted by Gasteiger charge is -2.00. The van der Waals surface area contributed by atoms with E-state index in [9.17, 15) is 4.79 Å². The summed E-state index contributed by atoms with van der Waals surface area (Å²) >= 11 is 0. The SMILES string of the molecule is N#CC1=NC2=CC=CC(=O)C2=C1. The van der Waals surface area contributed by atoms with Crippen LogP contribution in [-0.4, -0.2) is 11.5 Å². The number of carbonyl (C=O) groups excluding carboxylic acids is 1. The van der Waals surface area contributed by atoms with Crippen molar-refractivity contribution in [2.75, 3.05) is 0 Å². The van der Waals surface area contributed by atoms with E-state index in [2.05, 4.69) is 4.99 Å². The minimum atomic E-state index is -0.0819. The van der Waals surface area contributed by atoms with Crippen LogP contribution in [-0.2, 0) is 4.79 Å². The van der Waals surface area contributed by atoms with Crippen LogP contribution < -0.4 is 0 Å². The van der Waals surface area contributed by atoms with Gasteiger partial charge in [0.15, 0.2) is 5.78 Å². The first-order valence-corrected chi connectivity index (χ1v) is 3.45. The molecule has 0 amide bonds. The number of carbonyl (C=O) groups is 1. The summed E-state index contributed by atoms with van der Waals surface area (Å²) in [6, 6.07) is 1.89. The molecule has 1 aliphatic heterocycles. The predicted octanol–water partition coefficient (Wildman–Crippen LogP) is 0.914. The van der Waals surface area contributed by atoms with Gasteiger partial charge in [0.05, 0.1) is 11.3 Å². The van der Waals surface area contributed by atoms with Crippen LogP contribution in [0.15, 0.2) is 40.6 Å². The molecule has 0 atom stereocenters. The Morgan fingerprint density at radius 3 is 3.00 bits per heavy atom. The summed E-state index contributed by atoms with van der Waals surface area (Å²) in [5.41, 5.74) is 1.42. The van der Waals surface area contributed by atoms with Gasteiger partial charge in [-0.2, -0.15) is 5.26 Å². The molecule has 0 fully saturated rings. The lowest BCUT2D eigenvalue weighted by atomic mass is 10.0. The first kappa shape index (κ1) is 6.74. The quantitative estimate of drug-likeness (QED) is 0.523. The van der Waals surface area contributed by atoms with E-state index in [4.69, 9.17) is 5.26 Å². The fraction of sp³-hybridized carbons (Fsp3) is 0. The summed E-state index contributed by atoms with van der Waals surface area (Å²) < 4.78 is 0. The number of hydrogen-bond acceptors (Lipinski definition) is 3. The number of nitriles is 1. The van der Waals surface area contributed by atoms with Crippen molar-refractivity contribution < 1.29 is 4.79 Å². The second kappa shape index (κ2) is 2.28. The highest BCUT2D eigenvalue weighted by molar-refractivity contribution is 6.20. The van der Waals surface area contributed by atoms with Gasteiger partial charge in [-0.1, -0.05) is 6.08 Å². The third-order valence-electron chi connectivity index (χ3n) is 1.68. The van der Waals surface area contributed by atoms with E-state index < -0.39 is 0 Å². The van der Waals surface area contributed by atoms with E-state index in [0.29, 0.717) is 17.0 Å². The zero-order valence-electron chi connectivity index (χ0n) is 6.11. The van der Waals surface area contributed by atoms with E-state index in [1.54, 1.807) is 12.2 Å². The first-order valence-electron chi connectivity index (χ1n) is 3.45. The van der Waals surface area contributed by atoms with E-state index in [1.807, 2.05) is 6.07 Å². The molecule has 1 aliphatic carbocycles. The minimum Gasteiger partial charge on any atom is -0.289 e. The summed E-state index contributed by atoms with van der Waals surface area (Å²) in [7, 11) is 0. The highest BCUT2D eigenvalue weighted by atomic mass is 16.1. The normalized spacial score (nSPS) is 19.2. The van der Waals surface area contributed by atoms with Crippen molar-refractivity contribution in [1.82, 2.24) is 0 Å². The fourth-order valence-corrected chi connectivity index (χ4v) is 1.13. The van der Waals surface area contributed by atoms with E-state index in [0.717, 1.165) is 0 Å². The Morgan fingerprint density at radius 1 is 1.50 bits per heavy atom. The molecule has 3 nitrogen and oxygen atoms in total. The van der Waals surface area contributed by atoms with Crippen molar-refractivity contribution in [2.24, 2.45) is 4.99 Å². The summed E-state index contributed by atoms with van der Waals surface area (Å²) in [4.78, 5) is 15.1. The molecule has 0 radical (unpaired) electrons. The van der Waals surface area contributed by atoms with Gasteiger partial charge in [0.25, 0.3) is 0 Å². The molecule has 0 aromatic carbocycles. The van der Waals surface area contributed by atoms with Crippen molar-refractivity contribution in [3.8, 4) is 6.07 Å². The standard InChI is InChI=1S/C9H4N2O/c10-5-6-4-7-8(11-6)2-1-3-9(7)12/h1-4H. The molecule has 0 saturated carbocycles. The van der Waals surface area contributed by atoms with Gasteiger partial charge in [-0.3, -0.25) is 4.79 Å². The third kappa shape index (κ3) is 0.823. The van der Waals surface area contributed by atoms with Crippen LogP contribution in [0.5, 0.6) is 0 Å². The molecule has 2 rings (SSSR count). The fourth-order valence-electron chi connectivity index (χ4n) is 1.13. The van der Waals surface area contributed by atoms with Crippen LogP contribution in [0.1, 0.15) is 0 Å². The van der Waals surface area contributed by atoms with Crippen LogP contribution in [0.25, 0.3) is 0 Å². The van der Waals surface area contributed by atoms with E-state index in [1.165, 1.54) is 12.2 Å². The van der Waals surface area contributed by atoms with Crippen LogP contribution >= 0.6 is 0 Å². The topological polar surface area (TPSA) is 53.2 Å². The average Bonchev–Trinajstić information content (AvgIpc) is 2.49. The largest absolute Gasteiger partial charge is 0.289 e. The summed E-state index contributed by atoms with van der Waals surface area (Å²) in [6.07, 6.45) is 6.33. The molecule has 0 spiro atoms. The van der Waals surface area contributed by atoms with Gasteiger partial charge < -0.3 is 0 Å². The lowest BCUT2D eigenvalue weighted by molar-refractivity contribution is -0.111. The van der Waals surface area contributed by atoms with Crippen molar-refractivity contribution in [2.45, 2.75) is 0 Å². The Morgan fingerprint density at radius 2 is 2.33 bits per heavy atom. The average molecular weight is 156 g/mol. The van der Waals surface area contributed by atoms with Gasteiger partial charge >= 0.3 is 0 Å². The Hall–Kier alpha value is -1.95. The molecule has 3 heteroatoms. The molecular formula is C9H4N2O. The van der Waals surface area contributed by atoms with Gasteiger partial charge in [-0.05, 0) is 18.2 Å².